The summed E-state index contributed by atoms with van der Waals surface area (Å²) in [6, 6.07) is 11.8. The summed E-state index contributed by atoms with van der Waals surface area (Å²) >= 11 is 0. The van der Waals surface area contributed by atoms with Crippen molar-refractivity contribution in [1.29, 1.82) is 0 Å². The number of halogens is 3. The maximum atomic E-state index is 13.3. The highest BCUT2D eigenvalue weighted by Crippen LogP contribution is 2.25. The molecule has 1 fully saturated rings. The van der Waals surface area contributed by atoms with Crippen LogP contribution in [0, 0.1) is 5.92 Å². The highest BCUT2D eigenvalue weighted by Gasteiger charge is 2.36. The average Bonchev–Trinajstić information content (AvgIpc) is 2.85. The summed E-state index contributed by atoms with van der Waals surface area (Å²) in [5.74, 6) is -0.751. The number of rotatable bonds is 9. The second-order valence-corrected chi connectivity index (χ2v) is 9.86. The van der Waals surface area contributed by atoms with E-state index in [-0.39, 0.29) is 22.9 Å². The minimum Gasteiger partial charge on any atom is -0.497 e. The van der Waals surface area contributed by atoms with Crippen molar-refractivity contribution >= 4 is 11.8 Å². The van der Waals surface area contributed by atoms with Crippen LogP contribution in [0.4, 0.5) is 13.2 Å². The molecule has 2 N–H and O–H groups in total. The monoisotopic (exact) mass is 521 g/mol. The first-order valence-electron chi connectivity index (χ1n) is 12.2. The van der Waals surface area contributed by atoms with Gasteiger partial charge in [-0.2, -0.15) is 0 Å². The van der Waals surface area contributed by atoms with Crippen LogP contribution in [-0.2, 0) is 11.3 Å². The maximum Gasteiger partial charge on any atom is 0.573 e. The summed E-state index contributed by atoms with van der Waals surface area (Å²) in [6.07, 6.45) is -3.38. The third-order valence-electron chi connectivity index (χ3n) is 6.61. The van der Waals surface area contributed by atoms with Gasteiger partial charge in [-0.1, -0.05) is 32.0 Å². The standard InChI is InChI=1S/C27H34F3N3O4/c1-18(2)23(32-24(34)20-6-5-7-22(16-20)37-27(28,29)30)25(35)33-14-12-26(3,13-15-33)31-17-19-8-10-21(36-4)11-9-19/h5-11,16,18,23,31H,12-15,17H2,1-4H3,(H,32,34)/t23-/m1/s1. The molecular weight excluding hydrogens is 487 g/mol. The fourth-order valence-electron chi connectivity index (χ4n) is 4.23. The Balaban J connectivity index is 1.57. The SMILES string of the molecule is COc1ccc(CNC2(C)CCN(C(=O)[C@H](NC(=O)c3cccc(OC(F)(F)F)c3)C(C)C)CC2)cc1. The number of alkyl halides is 3. The zero-order valence-corrected chi connectivity index (χ0v) is 21.5. The molecule has 0 unspecified atom stereocenters. The second-order valence-electron chi connectivity index (χ2n) is 9.86. The van der Waals surface area contributed by atoms with E-state index in [0.29, 0.717) is 19.6 Å². The predicted octanol–water partition coefficient (Wildman–Crippen LogP) is 4.52. The van der Waals surface area contributed by atoms with E-state index in [1.54, 1.807) is 12.0 Å². The van der Waals surface area contributed by atoms with Crippen molar-refractivity contribution in [2.75, 3.05) is 20.2 Å². The van der Waals surface area contributed by atoms with E-state index >= 15 is 0 Å². The molecule has 1 atom stereocenters. The van der Waals surface area contributed by atoms with Gasteiger partial charge in [0.15, 0.2) is 0 Å². The van der Waals surface area contributed by atoms with Crippen LogP contribution in [-0.4, -0.2) is 54.9 Å². The lowest BCUT2D eigenvalue weighted by Gasteiger charge is -2.41. The molecule has 2 aromatic carbocycles. The molecule has 0 aliphatic carbocycles. The van der Waals surface area contributed by atoms with E-state index in [4.69, 9.17) is 4.74 Å². The van der Waals surface area contributed by atoms with Gasteiger partial charge >= 0.3 is 6.36 Å². The Morgan fingerprint density at radius 1 is 1.05 bits per heavy atom. The Labute approximate surface area is 215 Å². The topological polar surface area (TPSA) is 79.9 Å². The number of carbonyl (C=O) groups is 2. The van der Waals surface area contributed by atoms with Gasteiger partial charge < -0.3 is 25.0 Å². The minimum absolute atomic E-state index is 0.0193. The Morgan fingerprint density at radius 2 is 1.70 bits per heavy atom. The van der Waals surface area contributed by atoms with Crippen LogP contribution in [0.5, 0.6) is 11.5 Å². The van der Waals surface area contributed by atoms with Crippen molar-refractivity contribution in [3.05, 3.63) is 59.7 Å². The van der Waals surface area contributed by atoms with Crippen molar-refractivity contribution in [2.45, 2.75) is 58.1 Å². The number of methoxy groups -OCH3 is 1. The Kier molecular flexibility index (Phi) is 9.07. The zero-order valence-electron chi connectivity index (χ0n) is 21.5. The maximum absolute atomic E-state index is 13.3. The molecule has 0 bridgehead atoms. The van der Waals surface area contributed by atoms with E-state index < -0.39 is 24.1 Å². The molecular formula is C27H34F3N3O4. The van der Waals surface area contributed by atoms with Crippen LogP contribution in [0.15, 0.2) is 48.5 Å². The molecule has 37 heavy (non-hydrogen) atoms. The lowest BCUT2D eigenvalue weighted by molar-refractivity contribution is -0.274. The first kappa shape index (κ1) is 28.3. The summed E-state index contributed by atoms with van der Waals surface area (Å²) < 4.78 is 46.7. The third-order valence-corrected chi connectivity index (χ3v) is 6.61. The molecule has 0 aromatic heterocycles. The molecule has 202 valence electrons. The smallest absolute Gasteiger partial charge is 0.497 e. The van der Waals surface area contributed by atoms with Crippen LogP contribution in [0.25, 0.3) is 0 Å². The van der Waals surface area contributed by atoms with Gasteiger partial charge in [0.05, 0.1) is 7.11 Å². The van der Waals surface area contributed by atoms with Gasteiger partial charge in [-0.25, -0.2) is 0 Å². The number of amides is 2. The van der Waals surface area contributed by atoms with Gasteiger partial charge in [-0.05, 0) is 61.6 Å². The van der Waals surface area contributed by atoms with Gasteiger partial charge in [0.1, 0.15) is 17.5 Å². The molecule has 1 aliphatic rings. The third kappa shape index (κ3) is 8.11. The molecule has 0 spiro atoms. The first-order chi connectivity index (χ1) is 17.4. The highest BCUT2D eigenvalue weighted by molar-refractivity contribution is 5.98. The van der Waals surface area contributed by atoms with Gasteiger partial charge in [-0.15, -0.1) is 13.2 Å². The van der Waals surface area contributed by atoms with E-state index in [1.807, 2.05) is 38.1 Å². The lowest BCUT2D eigenvalue weighted by Crippen LogP contribution is -2.57. The van der Waals surface area contributed by atoms with Crippen molar-refractivity contribution in [3.8, 4) is 11.5 Å². The van der Waals surface area contributed by atoms with Crippen molar-refractivity contribution in [2.24, 2.45) is 5.92 Å². The van der Waals surface area contributed by atoms with Crippen LogP contribution < -0.4 is 20.1 Å². The molecule has 1 heterocycles. The number of likely N-dealkylation sites (tertiary alicyclic amines) is 1. The molecule has 1 aliphatic heterocycles. The fraction of sp³-hybridized carbons (Fsp3) is 0.481. The number of benzene rings is 2. The summed E-state index contributed by atoms with van der Waals surface area (Å²) in [6.45, 7) is 7.51. The normalized spacial score (nSPS) is 16.3. The quantitative estimate of drug-likeness (QED) is 0.507. The summed E-state index contributed by atoms with van der Waals surface area (Å²) in [4.78, 5) is 27.8. The number of hydrogen-bond acceptors (Lipinski definition) is 5. The fourth-order valence-corrected chi connectivity index (χ4v) is 4.23. The van der Waals surface area contributed by atoms with E-state index in [0.717, 1.165) is 36.3 Å². The highest BCUT2D eigenvalue weighted by atomic mass is 19.4. The molecule has 1 saturated heterocycles. The van der Waals surface area contributed by atoms with Gasteiger partial charge in [0, 0.05) is 30.7 Å². The number of piperidine rings is 1. The number of carbonyl (C=O) groups excluding carboxylic acids is 2. The molecule has 3 rings (SSSR count). The Bertz CT molecular complexity index is 1070. The van der Waals surface area contributed by atoms with Crippen LogP contribution >= 0.6 is 0 Å². The van der Waals surface area contributed by atoms with Crippen molar-refractivity contribution in [3.63, 3.8) is 0 Å². The number of hydrogen-bond donors (Lipinski definition) is 2. The molecule has 10 heteroatoms. The average molecular weight is 522 g/mol. The number of nitrogens with zero attached hydrogens (tertiary/aromatic N) is 1. The number of nitrogens with one attached hydrogen (secondary N) is 2. The lowest BCUT2D eigenvalue weighted by atomic mass is 9.88. The van der Waals surface area contributed by atoms with E-state index in [1.165, 1.54) is 12.1 Å². The van der Waals surface area contributed by atoms with Crippen LogP contribution in [0.1, 0.15) is 49.5 Å². The molecule has 2 aromatic rings. The van der Waals surface area contributed by atoms with Crippen molar-refractivity contribution < 1.29 is 32.2 Å². The van der Waals surface area contributed by atoms with Gasteiger partial charge in [0.25, 0.3) is 5.91 Å². The van der Waals surface area contributed by atoms with Crippen LogP contribution in [0.3, 0.4) is 0 Å². The predicted molar refractivity (Wildman–Crippen MR) is 133 cm³/mol. The van der Waals surface area contributed by atoms with Crippen LogP contribution in [0.2, 0.25) is 0 Å². The van der Waals surface area contributed by atoms with E-state index in [2.05, 4.69) is 22.3 Å². The Hall–Kier alpha value is -3.27. The van der Waals surface area contributed by atoms with Gasteiger partial charge in [-0.3, -0.25) is 9.59 Å². The van der Waals surface area contributed by atoms with E-state index in [9.17, 15) is 22.8 Å². The molecule has 2 amide bonds. The molecule has 7 nitrogen and oxygen atoms in total. The second kappa shape index (κ2) is 11.9. The summed E-state index contributed by atoms with van der Waals surface area (Å²) in [5.41, 5.74) is 0.966. The molecule has 0 saturated carbocycles. The summed E-state index contributed by atoms with van der Waals surface area (Å²) in [5, 5.41) is 6.30. The largest absolute Gasteiger partial charge is 0.573 e. The van der Waals surface area contributed by atoms with Gasteiger partial charge in [0.2, 0.25) is 5.91 Å². The minimum atomic E-state index is -4.86. The molecule has 0 radical (unpaired) electrons. The van der Waals surface area contributed by atoms with Crippen molar-refractivity contribution in [1.82, 2.24) is 15.5 Å². The summed E-state index contributed by atoms with van der Waals surface area (Å²) in [7, 11) is 1.63. The first-order valence-corrected chi connectivity index (χ1v) is 12.2. The zero-order chi connectivity index (χ0) is 27.2. The number of ether oxygens (including phenoxy) is 2. The Morgan fingerprint density at radius 3 is 2.27 bits per heavy atom.